The molecule has 0 bridgehead atoms. The van der Waals surface area contributed by atoms with Crippen LogP contribution in [0.1, 0.15) is 119 Å². The number of hydrogen-bond donors (Lipinski definition) is 0. The van der Waals surface area contributed by atoms with Gasteiger partial charge in [-0.3, -0.25) is 0 Å². The zero-order valence-electron chi connectivity index (χ0n) is 21.1. The third kappa shape index (κ3) is 10.6. The first-order valence-corrected chi connectivity index (χ1v) is 12.8. The summed E-state index contributed by atoms with van der Waals surface area (Å²) in [5.41, 5.74) is -0.286. The van der Waals surface area contributed by atoms with E-state index in [1.54, 1.807) is 0 Å². The first-order chi connectivity index (χ1) is 14.6. The number of allylic oxidation sites excluding steroid dienone is 3. The van der Waals surface area contributed by atoms with E-state index in [0.717, 1.165) is 38.5 Å². The summed E-state index contributed by atoms with van der Waals surface area (Å²) in [6.07, 6.45) is 22.3. The van der Waals surface area contributed by atoms with Crippen LogP contribution in [0.2, 0.25) is 0 Å². The van der Waals surface area contributed by atoms with Gasteiger partial charge in [0.1, 0.15) is 0 Å². The number of rotatable bonds is 21. The van der Waals surface area contributed by atoms with Gasteiger partial charge < -0.3 is 14.2 Å². The summed E-state index contributed by atoms with van der Waals surface area (Å²) in [6, 6.07) is 0. The van der Waals surface area contributed by atoms with Crippen LogP contribution < -0.4 is 0 Å². The highest BCUT2D eigenvalue weighted by Crippen LogP contribution is 2.47. The molecule has 0 aromatic carbocycles. The summed E-state index contributed by atoms with van der Waals surface area (Å²) < 4.78 is 19.5. The fraction of sp³-hybridized carbons (Fsp3) is 0.852. The van der Waals surface area contributed by atoms with Crippen molar-refractivity contribution in [3.63, 3.8) is 0 Å². The molecule has 0 aliphatic rings. The van der Waals surface area contributed by atoms with E-state index in [0.29, 0.717) is 19.8 Å². The Morgan fingerprint density at radius 2 is 1.10 bits per heavy atom. The average Bonchev–Trinajstić information content (AvgIpc) is 2.76. The van der Waals surface area contributed by atoms with Gasteiger partial charge in [0.05, 0.1) is 25.2 Å². The lowest BCUT2D eigenvalue weighted by Gasteiger charge is -2.47. The van der Waals surface area contributed by atoms with Gasteiger partial charge in [-0.05, 0) is 39.0 Å². The van der Waals surface area contributed by atoms with Crippen molar-refractivity contribution in [2.45, 2.75) is 125 Å². The highest BCUT2D eigenvalue weighted by Gasteiger charge is 2.53. The molecule has 0 aliphatic heterocycles. The Kier molecular flexibility index (Phi) is 18.7. The van der Waals surface area contributed by atoms with Crippen LogP contribution in [0.25, 0.3) is 0 Å². The van der Waals surface area contributed by atoms with E-state index in [1.165, 1.54) is 38.5 Å². The van der Waals surface area contributed by atoms with Crippen molar-refractivity contribution in [3.05, 3.63) is 24.3 Å². The molecular formula is C27H52O3. The third-order valence-corrected chi connectivity index (χ3v) is 5.49. The van der Waals surface area contributed by atoms with Crippen LogP contribution in [0.5, 0.6) is 0 Å². The summed E-state index contributed by atoms with van der Waals surface area (Å²) in [5, 5.41) is 0. The fourth-order valence-electron chi connectivity index (χ4n) is 3.98. The van der Waals surface area contributed by atoms with Crippen LogP contribution in [-0.2, 0) is 14.2 Å². The van der Waals surface area contributed by atoms with E-state index in [1.807, 2.05) is 0 Å². The number of ether oxygens (including phenoxy) is 3. The van der Waals surface area contributed by atoms with Crippen molar-refractivity contribution in [2.24, 2.45) is 5.41 Å². The molecule has 1 unspecified atom stereocenters. The summed E-state index contributed by atoms with van der Waals surface area (Å²) in [7, 11) is 0. The SMILES string of the molecule is CC=CC=CC(CCC)(CCCCCCCC)C(OCCC)(OCCC)OCCC. The van der Waals surface area contributed by atoms with Gasteiger partial charge in [0.2, 0.25) is 0 Å². The van der Waals surface area contributed by atoms with Crippen molar-refractivity contribution in [3.8, 4) is 0 Å². The summed E-state index contributed by atoms with van der Waals surface area (Å²) in [5.74, 6) is -1.01. The quantitative estimate of drug-likeness (QED) is 0.105. The van der Waals surface area contributed by atoms with Crippen LogP contribution in [0.3, 0.4) is 0 Å². The lowest BCUT2D eigenvalue weighted by atomic mass is 9.75. The maximum Gasteiger partial charge on any atom is 0.292 e. The highest BCUT2D eigenvalue weighted by molar-refractivity contribution is 5.12. The maximum absolute atomic E-state index is 6.51. The summed E-state index contributed by atoms with van der Waals surface area (Å²) >= 11 is 0. The first-order valence-electron chi connectivity index (χ1n) is 12.8. The van der Waals surface area contributed by atoms with Crippen molar-refractivity contribution in [1.29, 1.82) is 0 Å². The van der Waals surface area contributed by atoms with Crippen LogP contribution in [-0.4, -0.2) is 25.8 Å². The molecule has 0 saturated heterocycles. The Morgan fingerprint density at radius 1 is 0.567 bits per heavy atom. The molecule has 0 amide bonds. The minimum atomic E-state index is -1.01. The van der Waals surface area contributed by atoms with Crippen LogP contribution in [0.4, 0.5) is 0 Å². The van der Waals surface area contributed by atoms with Gasteiger partial charge >= 0.3 is 0 Å². The molecule has 3 nitrogen and oxygen atoms in total. The molecule has 1 atom stereocenters. The Morgan fingerprint density at radius 3 is 1.57 bits per heavy atom. The predicted molar refractivity (Wildman–Crippen MR) is 131 cm³/mol. The topological polar surface area (TPSA) is 27.7 Å². The largest absolute Gasteiger partial charge is 0.327 e. The minimum Gasteiger partial charge on any atom is -0.327 e. The molecule has 0 saturated carbocycles. The van der Waals surface area contributed by atoms with E-state index in [9.17, 15) is 0 Å². The van der Waals surface area contributed by atoms with Gasteiger partial charge in [0, 0.05) is 0 Å². The van der Waals surface area contributed by atoms with Gasteiger partial charge in [-0.1, -0.05) is 104 Å². The second-order valence-electron chi connectivity index (χ2n) is 8.41. The molecule has 30 heavy (non-hydrogen) atoms. The Hall–Kier alpha value is -0.640. The molecule has 0 fully saturated rings. The third-order valence-electron chi connectivity index (χ3n) is 5.49. The second kappa shape index (κ2) is 19.1. The molecule has 0 spiro atoms. The predicted octanol–water partition coefficient (Wildman–Crippen LogP) is 8.59. The minimum absolute atomic E-state index is 0.286. The molecule has 0 aliphatic carbocycles. The highest BCUT2D eigenvalue weighted by atomic mass is 16.9. The molecule has 178 valence electrons. The van der Waals surface area contributed by atoms with Crippen molar-refractivity contribution >= 4 is 0 Å². The number of hydrogen-bond acceptors (Lipinski definition) is 3. The second-order valence-corrected chi connectivity index (χ2v) is 8.41. The zero-order valence-corrected chi connectivity index (χ0v) is 21.1. The normalized spacial score (nSPS) is 14.7. The van der Waals surface area contributed by atoms with E-state index >= 15 is 0 Å². The van der Waals surface area contributed by atoms with Crippen molar-refractivity contribution in [2.75, 3.05) is 19.8 Å². The molecule has 3 heteroatoms. The summed E-state index contributed by atoms with van der Waals surface area (Å²) in [6.45, 7) is 15.0. The monoisotopic (exact) mass is 424 g/mol. The van der Waals surface area contributed by atoms with E-state index in [-0.39, 0.29) is 5.41 Å². The standard InChI is InChI=1S/C27H52O3/c1-7-13-15-16-17-19-22-26(20-9-3,21-18-14-8-2)27(28-23-10-4,29-24-11-5)30-25-12-6/h8,14,18,21H,7,9-13,15-17,19-20,22-25H2,1-6H3. The lowest BCUT2D eigenvalue weighted by Crippen LogP contribution is -2.54. The van der Waals surface area contributed by atoms with Gasteiger partial charge in [-0.2, -0.15) is 0 Å². The molecule has 0 aromatic rings. The van der Waals surface area contributed by atoms with Gasteiger partial charge in [-0.25, -0.2) is 0 Å². The average molecular weight is 425 g/mol. The van der Waals surface area contributed by atoms with Gasteiger partial charge in [0.15, 0.2) is 0 Å². The molecular weight excluding hydrogens is 372 g/mol. The van der Waals surface area contributed by atoms with E-state index in [4.69, 9.17) is 14.2 Å². The number of unbranched alkanes of at least 4 members (excludes halogenated alkanes) is 5. The van der Waals surface area contributed by atoms with Gasteiger partial charge in [-0.15, -0.1) is 0 Å². The van der Waals surface area contributed by atoms with E-state index < -0.39 is 5.97 Å². The smallest absolute Gasteiger partial charge is 0.292 e. The van der Waals surface area contributed by atoms with Crippen molar-refractivity contribution < 1.29 is 14.2 Å². The van der Waals surface area contributed by atoms with E-state index in [2.05, 4.69) is 65.8 Å². The summed E-state index contributed by atoms with van der Waals surface area (Å²) in [4.78, 5) is 0. The Labute approximate surface area is 188 Å². The first kappa shape index (κ1) is 29.4. The lowest BCUT2D eigenvalue weighted by molar-refractivity contribution is -0.424. The van der Waals surface area contributed by atoms with Crippen molar-refractivity contribution in [1.82, 2.24) is 0 Å². The molecule has 0 aromatic heterocycles. The van der Waals surface area contributed by atoms with Gasteiger partial charge in [0.25, 0.3) is 5.97 Å². The fourth-order valence-corrected chi connectivity index (χ4v) is 3.98. The molecule has 0 N–H and O–H groups in total. The molecule has 0 rings (SSSR count). The maximum atomic E-state index is 6.51. The molecule has 0 radical (unpaired) electrons. The van der Waals surface area contributed by atoms with Crippen LogP contribution >= 0.6 is 0 Å². The van der Waals surface area contributed by atoms with Crippen LogP contribution in [0, 0.1) is 5.41 Å². The molecule has 0 heterocycles. The zero-order chi connectivity index (χ0) is 22.6. The Bertz CT molecular complexity index is 408. The van der Waals surface area contributed by atoms with Crippen LogP contribution in [0.15, 0.2) is 24.3 Å². The Balaban J connectivity index is 5.94.